The highest BCUT2D eigenvalue weighted by molar-refractivity contribution is 9.10. The molecule has 0 amide bonds. The summed E-state index contributed by atoms with van der Waals surface area (Å²) in [5.41, 5.74) is 0.821. The SMILES string of the molecule is CCOC(=O)/C(=C/Nc1ccc(Br)cc1)C(=O)CC. The first-order valence-corrected chi connectivity index (χ1v) is 6.80. The molecular formula is C14H16BrNO3. The monoisotopic (exact) mass is 325 g/mol. The van der Waals surface area contributed by atoms with Crippen LogP contribution >= 0.6 is 15.9 Å². The topological polar surface area (TPSA) is 55.4 Å². The summed E-state index contributed by atoms with van der Waals surface area (Å²) in [6, 6.07) is 7.39. The number of esters is 1. The van der Waals surface area contributed by atoms with Gasteiger partial charge in [-0.05, 0) is 31.2 Å². The summed E-state index contributed by atoms with van der Waals surface area (Å²) in [5.74, 6) is -0.845. The first kappa shape index (κ1) is 15.4. The molecule has 0 radical (unpaired) electrons. The van der Waals surface area contributed by atoms with Crippen LogP contribution in [0.5, 0.6) is 0 Å². The summed E-state index contributed by atoms with van der Waals surface area (Å²) in [6.07, 6.45) is 1.65. The first-order valence-electron chi connectivity index (χ1n) is 6.01. The third kappa shape index (κ3) is 4.87. The van der Waals surface area contributed by atoms with Gasteiger partial charge in [0.25, 0.3) is 0 Å². The average molecular weight is 326 g/mol. The van der Waals surface area contributed by atoms with Crippen LogP contribution in [0.2, 0.25) is 0 Å². The highest BCUT2D eigenvalue weighted by atomic mass is 79.9. The number of ether oxygens (including phenoxy) is 1. The zero-order valence-corrected chi connectivity index (χ0v) is 12.5. The Labute approximate surface area is 121 Å². The van der Waals surface area contributed by atoms with Gasteiger partial charge in [0.2, 0.25) is 0 Å². The van der Waals surface area contributed by atoms with Crippen LogP contribution in [0, 0.1) is 0 Å². The lowest BCUT2D eigenvalue weighted by Crippen LogP contribution is -2.16. The van der Waals surface area contributed by atoms with Crippen molar-refractivity contribution in [2.75, 3.05) is 11.9 Å². The second-order valence-electron chi connectivity index (χ2n) is 3.71. The van der Waals surface area contributed by atoms with Gasteiger partial charge in [0, 0.05) is 22.8 Å². The molecule has 0 spiro atoms. The number of halogens is 1. The number of anilines is 1. The molecule has 5 heteroatoms. The minimum atomic E-state index is -0.598. The number of hydrogen-bond acceptors (Lipinski definition) is 4. The van der Waals surface area contributed by atoms with Gasteiger partial charge in [0.15, 0.2) is 5.78 Å². The van der Waals surface area contributed by atoms with Crippen LogP contribution in [0.3, 0.4) is 0 Å². The standard InChI is InChI=1S/C14H16BrNO3/c1-3-13(17)12(14(18)19-4-2)9-16-11-7-5-10(15)6-8-11/h5-9,16H,3-4H2,1-2H3/b12-9+. The van der Waals surface area contributed by atoms with Gasteiger partial charge in [-0.1, -0.05) is 22.9 Å². The molecule has 1 aromatic carbocycles. The smallest absolute Gasteiger partial charge is 0.343 e. The van der Waals surface area contributed by atoms with E-state index in [-0.39, 0.29) is 24.4 Å². The third-order valence-electron chi connectivity index (χ3n) is 2.34. The number of nitrogens with one attached hydrogen (secondary N) is 1. The molecule has 0 bridgehead atoms. The van der Waals surface area contributed by atoms with E-state index in [1.807, 2.05) is 24.3 Å². The summed E-state index contributed by atoms with van der Waals surface area (Å²) >= 11 is 3.33. The van der Waals surface area contributed by atoms with E-state index in [2.05, 4.69) is 21.2 Å². The molecule has 0 atom stereocenters. The fourth-order valence-corrected chi connectivity index (χ4v) is 1.62. The summed E-state index contributed by atoms with van der Waals surface area (Å²) in [7, 11) is 0. The molecule has 0 saturated heterocycles. The second kappa shape index (κ2) is 7.74. The molecule has 1 N–H and O–H groups in total. The zero-order valence-electron chi connectivity index (χ0n) is 10.9. The summed E-state index contributed by atoms with van der Waals surface area (Å²) in [5, 5.41) is 2.92. The minimum absolute atomic E-state index is 0.0345. The second-order valence-corrected chi connectivity index (χ2v) is 4.62. The van der Waals surface area contributed by atoms with Gasteiger partial charge >= 0.3 is 5.97 Å². The molecule has 1 rings (SSSR count). The first-order chi connectivity index (χ1) is 9.08. The maximum Gasteiger partial charge on any atom is 0.343 e. The molecule has 19 heavy (non-hydrogen) atoms. The van der Waals surface area contributed by atoms with Crippen LogP contribution in [0.4, 0.5) is 5.69 Å². The molecule has 102 valence electrons. The van der Waals surface area contributed by atoms with Crippen molar-refractivity contribution in [3.8, 4) is 0 Å². The van der Waals surface area contributed by atoms with Gasteiger partial charge in [-0.25, -0.2) is 4.79 Å². The van der Waals surface area contributed by atoms with E-state index in [1.165, 1.54) is 6.20 Å². The fourth-order valence-electron chi connectivity index (χ4n) is 1.35. The van der Waals surface area contributed by atoms with E-state index in [0.717, 1.165) is 10.2 Å². The normalized spacial score (nSPS) is 11.0. The number of carbonyl (C=O) groups excluding carboxylic acids is 2. The Kier molecular flexibility index (Phi) is 6.29. The number of benzene rings is 1. The molecule has 0 aliphatic rings. The number of rotatable bonds is 6. The van der Waals surface area contributed by atoms with Gasteiger partial charge < -0.3 is 10.1 Å². The van der Waals surface area contributed by atoms with Crippen LogP contribution in [0.1, 0.15) is 20.3 Å². The Morgan fingerprint density at radius 2 is 1.89 bits per heavy atom. The van der Waals surface area contributed by atoms with Crippen LogP contribution in [-0.2, 0) is 14.3 Å². The van der Waals surface area contributed by atoms with Crippen molar-refractivity contribution in [3.63, 3.8) is 0 Å². The minimum Gasteiger partial charge on any atom is -0.462 e. The summed E-state index contributed by atoms with van der Waals surface area (Å²) in [6.45, 7) is 3.65. The zero-order chi connectivity index (χ0) is 14.3. The van der Waals surface area contributed by atoms with Crippen molar-refractivity contribution in [1.82, 2.24) is 0 Å². The van der Waals surface area contributed by atoms with E-state index in [0.29, 0.717) is 0 Å². The van der Waals surface area contributed by atoms with E-state index in [1.54, 1.807) is 13.8 Å². The lowest BCUT2D eigenvalue weighted by atomic mass is 10.1. The van der Waals surface area contributed by atoms with Gasteiger partial charge in [0.1, 0.15) is 5.57 Å². The van der Waals surface area contributed by atoms with Crippen LogP contribution in [0.25, 0.3) is 0 Å². The Morgan fingerprint density at radius 1 is 1.26 bits per heavy atom. The van der Waals surface area contributed by atoms with E-state index < -0.39 is 5.97 Å². The Morgan fingerprint density at radius 3 is 2.42 bits per heavy atom. The molecule has 0 unspecified atom stereocenters. The molecule has 0 heterocycles. The third-order valence-corrected chi connectivity index (χ3v) is 2.87. The quantitative estimate of drug-likeness (QED) is 0.377. The van der Waals surface area contributed by atoms with E-state index >= 15 is 0 Å². The molecule has 4 nitrogen and oxygen atoms in total. The lowest BCUT2D eigenvalue weighted by molar-refractivity contribution is -0.140. The van der Waals surface area contributed by atoms with Crippen molar-refractivity contribution in [2.45, 2.75) is 20.3 Å². The van der Waals surface area contributed by atoms with Gasteiger partial charge in [-0.3, -0.25) is 4.79 Å². The van der Waals surface area contributed by atoms with Crippen molar-refractivity contribution in [2.24, 2.45) is 0 Å². The van der Waals surface area contributed by atoms with E-state index in [9.17, 15) is 9.59 Å². The van der Waals surface area contributed by atoms with Crippen LogP contribution < -0.4 is 5.32 Å². The predicted octanol–water partition coefficient (Wildman–Crippen LogP) is 3.29. The molecule has 0 aliphatic heterocycles. The average Bonchev–Trinajstić information content (AvgIpc) is 2.41. The summed E-state index contributed by atoms with van der Waals surface area (Å²) in [4.78, 5) is 23.3. The van der Waals surface area contributed by atoms with Crippen molar-refractivity contribution < 1.29 is 14.3 Å². The molecule has 1 aromatic rings. The maximum absolute atomic E-state index is 11.7. The van der Waals surface area contributed by atoms with Crippen LogP contribution in [0.15, 0.2) is 40.5 Å². The number of ketones is 1. The van der Waals surface area contributed by atoms with Crippen LogP contribution in [-0.4, -0.2) is 18.4 Å². The van der Waals surface area contributed by atoms with Crippen molar-refractivity contribution in [1.29, 1.82) is 0 Å². The fraction of sp³-hybridized carbons (Fsp3) is 0.286. The molecule has 0 fully saturated rings. The highest BCUT2D eigenvalue weighted by Gasteiger charge is 2.17. The van der Waals surface area contributed by atoms with E-state index in [4.69, 9.17) is 4.74 Å². The Bertz CT molecular complexity index is 480. The Balaban J connectivity index is 2.85. The molecule has 0 aromatic heterocycles. The van der Waals surface area contributed by atoms with Gasteiger partial charge in [-0.2, -0.15) is 0 Å². The largest absolute Gasteiger partial charge is 0.462 e. The van der Waals surface area contributed by atoms with Gasteiger partial charge in [0.05, 0.1) is 6.61 Å². The van der Waals surface area contributed by atoms with Crippen molar-refractivity contribution in [3.05, 3.63) is 40.5 Å². The number of Topliss-reactive ketones (excluding diaryl/α,β-unsaturated/α-hetero) is 1. The number of hydrogen-bond donors (Lipinski definition) is 1. The predicted molar refractivity (Wildman–Crippen MR) is 77.8 cm³/mol. The molecule has 0 saturated carbocycles. The number of carbonyl (C=O) groups is 2. The Hall–Kier alpha value is -1.62. The molecule has 0 aliphatic carbocycles. The van der Waals surface area contributed by atoms with Crippen molar-refractivity contribution >= 4 is 33.4 Å². The lowest BCUT2D eigenvalue weighted by Gasteiger charge is -2.06. The maximum atomic E-state index is 11.7. The molecular weight excluding hydrogens is 310 g/mol. The van der Waals surface area contributed by atoms with Gasteiger partial charge in [-0.15, -0.1) is 0 Å². The highest BCUT2D eigenvalue weighted by Crippen LogP contribution is 2.15. The summed E-state index contributed by atoms with van der Waals surface area (Å²) < 4.78 is 5.81.